The maximum absolute atomic E-state index is 13.4. The fourth-order valence-corrected chi connectivity index (χ4v) is 5.17. The van der Waals surface area contributed by atoms with Crippen LogP contribution >= 0.6 is 11.6 Å². The number of nitrogens with zero attached hydrogens (tertiary/aromatic N) is 7. The van der Waals surface area contributed by atoms with Gasteiger partial charge in [-0.15, -0.1) is 10.2 Å². The molecular formula is C23H27ClN8O2. The van der Waals surface area contributed by atoms with Crippen LogP contribution < -0.4 is 10.1 Å². The van der Waals surface area contributed by atoms with Gasteiger partial charge in [-0.2, -0.15) is 4.80 Å². The van der Waals surface area contributed by atoms with Crippen LogP contribution in [0.15, 0.2) is 18.3 Å². The first-order chi connectivity index (χ1) is 16.3. The zero-order chi connectivity index (χ0) is 24.0. The van der Waals surface area contributed by atoms with E-state index in [-0.39, 0.29) is 11.4 Å². The minimum absolute atomic E-state index is 0.0489. The number of tetrazole rings is 1. The number of carbonyl (C=O) groups excluding carboxylic acids is 1. The van der Waals surface area contributed by atoms with Gasteiger partial charge >= 0.3 is 0 Å². The Morgan fingerprint density at radius 3 is 2.88 bits per heavy atom. The van der Waals surface area contributed by atoms with Crippen molar-refractivity contribution < 1.29 is 9.53 Å². The summed E-state index contributed by atoms with van der Waals surface area (Å²) >= 11 is 6.35. The van der Waals surface area contributed by atoms with E-state index in [1.165, 1.54) is 11.0 Å². The van der Waals surface area contributed by atoms with Crippen LogP contribution in [0, 0.1) is 6.92 Å². The standard InChI is InChI=1S/C23H27ClN8O2/c1-13(16-10-19(34-4)25-11-18(16)24)22(33)32-8-7-23(12-32)6-5-15-9-17(14(2)26-20(15)27-23)21-28-30-31(3)29-21/h9-11,13H,5-8,12H2,1-4H3,(H,26,27). The summed E-state index contributed by atoms with van der Waals surface area (Å²) in [7, 11) is 3.29. The number of methoxy groups -OCH3 is 1. The van der Waals surface area contributed by atoms with Crippen molar-refractivity contribution >= 4 is 23.3 Å². The Bertz CT molecular complexity index is 1260. The third-order valence-electron chi connectivity index (χ3n) is 6.87. The number of amides is 1. The van der Waals surface area contributed by atoms with Gasteiger partial charge in [0.15, 0.2) is 0 Å². The minimum Gasteiger partial charge on any atom is -0.481 e. The highest BCUT2D eigenvalue weighted by Crippen LogP contribution is 2.39. The average Bonchev–Trinajstić information content (AvgIpc) is 3.44. The number of nitrogens with one attached hydrogen (secondary N) is 1. The largest absolute Gasteiger partial charge is 0.481 e. The average molecular weight is 483 g/mol. The van der Waals surface area contributed by atoms with Crippen molar-refractivity contribution in [1.82, 2.24) is 35.1 Å². The van der Waals surface area contributed by atoms with Gasteiger partial charge in [0.05, 0.1) is 36.3 Å². The van der Waals surface area contributed by atoms with E-state index < -0.39 is 5.92 Å². The number of fused-ring (bicyclic) bond motifs is 1. The molecule has 0 radical (unpaired) electrons. The topological polar surface area (TPSA) is 111 Å². The molecule has 11 heteroatoms. The number of anilines is 1. The summed E-state index contributed by atoms with van der Waals surface area (Å²) in [5.41, 5.74) is 3.41. The van der Waals surface area contributed by atoms with Gasteiger partial charge in [0.25, 0.3) is 0 Å². The second-order valence-electron chi connectivity index (χ2n) is 9.12. The van der Waals surface area contributed by atoms with E-state index in [0.29, 0.717) is 29.8 Å². The molecule has 1 saturated heterocycles. The van der Waals surface area contributed by atoms with Gasteiger partial charge in [-0.3, -0.25) is 4.79 Å². The number of aromatic nitrogens is 6. The molecule has 2 atom stereocenters. The fraction of sp³-hybridized carbons (Fsp3) is 0.478. The van der Waals surface area contributed by atoms with Gasteiger partial charge in [0, 0.05) is 30.9 Å². The predicted octanol–water partition coefficient (Wildman–Crippen LogP) is 2.77. The van der Waals surface area contributed by atoms with Crippen LogP contribution in [0.1, 0.15) is 42.5 Å². The van der Waals surface area contributed by atoms with Gasteiger partial charge in [-0.25, -0.2) is 9.97 Å². The number of pyridine rings is 2. The van der Waals surface area contributed by atoms with E-state index in [1.54, 1.807) is 20.2 Å². The second-order valence-corrected chi connectivity index (χ2v) is 9.52. The van der Waals surface area contributed by atoms with Crippen LogP contribution in [-0.4, -0.2) is 66.7 Å². The van der Waals surface area contributed by atoms with Crippen molar-refractivity contribution in [3.05, 3.63) is 40.2 Å². The zero-order valence-corrected chi connectivity index (χ0v) is 20.4. The first-order valence-corrected chi connectivity index (χ1v) is 11.7. The Balaban J connectivity index is 1.33. The molecule has 0 aromatic carbocycles. The molecule has 3 aromatic rings. The molecule has 1 spiro atoms. The molecule has 178 valence electrons. The molecule has 2 aliphatic heterocycles. The molecule has 1 N–H and O–H groups in total. The monoisotopic (exact) mass is 482 g/mol. The lowest BCUT2D eigenvalue weighted by molar-refractivity contribution is -0.131. The lowest BCUT2D eigenvalue weighted by Gasteiger charge is -2.36. The lowest BCUT2D eigenvalue weighted by Crippen LogP contribution is -2.46. The van der Waals surface area contributed by atoms with Crippen LogP contribution in [0.2, 0.25) is 5.02 Å². The normalized spacial score (nSPS) is 20.2. The van der Waals surface area contributed by atoms with Crippen LogP contribution in [-0.2, 0) is 18.3 Å². The summed E-state index contributed by atoms with van der Waals surface area (Å²) < 4.78 is 5.21. The fourth-order valence-electron chi connectivity index (χ4n) is 4.90. The first kappa shape index (κ1) is 22.5. The van der Waals surface area contributed by atoms with Gasteiger partial charge in [-0.1, -0.05) is 11.6 Å². The summed E-state index contributed by atoms with van der Waals surface area (Å²) in [6.07, 6.45) is 4.18. The van der Waals surface area contributed by atoms with Crippen molar-refractivity contribution in [2.45, 2.75) is 44.6 Å². The Labute approximate surface area is 202 Å². The number of rotatable bonds is 4. The SMILES string of the molecule is COc1cc(C(C)C(=O)N2CCC3(CCc4cc(-c5nnn(C)n5)c(C)nc4N3)C2)c(Cl)cn1. The van der Waals surface area contributed by atoms with Gasteiger partial charge in [-0.05, 0) is 55.5 Å². The van der Waals surface area contributed by atoms with E-state index in [0.717, 1.165) is 47.5 Å². The van der Waals surface area contributed by atoms with E-state index in [2.05, 4.69) is 31.8 Å². The Morgan fingerprint density at radius 1 is 1.32 bits per heavy atom. The molecule has 34 heavy (non-hydrogen) atoms. The number of likely N-dealkylation sites (tertiary alicyclic amines) is 1. The summed E-state index contributed by atoms with van der Waals surface area (Å²) in [6, 6.07) is 3.84. The molecule has 3 aromatic heterocycles. The summed E-state index contributed by atoms with van der Waals surface area (Å²) in [4.78, 5) is 25.7. The molecule has 2 aliphatic rings. The first-order valence-electron chi connectivity index (χ1n) is 11.3. The summed E-state index contributed by atoms with van der Waals surface area (Å²) in [6.45, 7) is 5.15. The van der Waals surface area contributed by atoms with Crippen molar-refractivity contribution in [2.75, 3.05) is 25.5 Å². The van der Waals surface area contributed by atoms with Crippen LogP contribution in [0.3, 0.4) is 0 Å². The van der Waals surface area contributed by atoms with Crippen molar-refractivity contribution in [1.29, 1.82) is 0 Å². The van der Waals surface area contributed by atoms with Gasteiger partial charge < -0.3 is 15.0 Å². The van der Waals surface area contributed by atoms with Crippen LogP contribution in [0.25, 0.3) is 11.4 Å². The van der Waals surface area contributed by atoms with E-state index in [1.807, 2.05) is 18.7 Å². The highest BCUT2D eigenvalue weighted by Gasteiger charge is 2.43. The second kappa shape index (κ2) is 8.50. The lowest BCUT2D eigenvalue weighted by atomic mass is 9.86. The molecule has 5 rings (SSSR count). The minimum atomic E-state index is -0.391. The maximum Gasteiger partial charge on any atom is 0.229 e. The third kappa shape index (κ3) is 3.96. The molecule has 2 unspecified atom stereocenters. The predicted molar refractivity (Wildman–Crippen MR) is 127 cm³/mol. The molecular weight excluding hydrogens is 456 g/mol. The smallest absolute Gasteiger partial charge is 0.229 e. The number of hydrogen-bond acceptors (Lipinski definition) is 8. The molecule has 0 saturated carbocycles. The van der Waals surface area contributed by atoms with Gasteiger partial charge in [0.2, 0.25) is 17.6 Å². The highest BCUT2D eigenvalue weighted by molar-refractivity contribution is 6.31. The van der Waals surface area contributed by atoms with Crippen LogP contribution in [0.4, 0.5) is 5.82 Å². The van der Waals surface area contributed by atoms with E-state index in [9.17, 15) is 4.79 Å². The summed E-state index contributed by atoms with van der Waals surface area (Å²) in [5, 5.41) is 16.5. The van der Waals surface area contributed by atoms with Crippen LogP contribution in [0.5, 0.6) is 5.88 Å². The van der Waals surface area contributed by atoms with Gasteiger partial charge in [0.1, 0.15) is 5.82 Å². The molecule has 1 fully saturated rings. The molecule has 10 nitrogen and oxygen atoms in total. The molecule has 5 heterocycles. The number of carbonyl (C=O) groups is 1. The van der Waals surface area contributed by atoms with E-state index >= 15 is 0 Å². The zero-order valence-electron chi connectivity index (χ0n) is 19.7. The van der Waals surface area contributed by atoms with Crippen molar-refractivity contribution in [2.24, 2.45) is 7.05 Å². The Morgan fingerprint density at radius 2 is 2.15 bits per heavy atom. The van der Waals surface area contributed by atoms with Crippen molar-refractivity contribution in [3.63, 3.8) is 0 Å². The number of halogens is 1. The number of ether oxygens (including phenoxy) is 1. The number of hydrogen-bond donors (Lipinski definition) is 1. The summed E-state index contributed by atoms with van der Waals surface area (Å²) in [5.74, 6) is 1.56. The molecule has 1 amide bonds. The molecule has 0 bridgehead atoms. The quantitative estimate of drug-likeness (QED) is 0.604. The van der Waals surface area contributed by atoms with E-state index in [4.69, 9.17) is 21.3 Å². The maximum atomic E-state index is 13.4. The Hall–Kier alpha value is -3.27. The third-order valence-corrected chi connectivity index (χ3v) is 7.18. The molecule has 0 aliphatic carbocycles. The highest BCUT2D eigenvalue weighted by atomic mass is 35.5. The number of aryl methyl sites for hydroxylation is 3. The van der Waals surface area contributed by atoms with Crippen molar-refractivity contribution in [3.8, 4) is 17.3 Å². The Kier molecular flexibility index (Phi) is 5.63.